The van der Waals surface area contributed by atoms with Crippen LogP contribution in [0.4, 0.5) is 0 Å². The predicted octanol–water partition coefficient (Wildman–Crippen LogP) is 1.29. The molecule has 0 unspecified atom stereocenters. The van der Waals surface area contributed by atoms with Crippen LogP contribution in [0.2, 0.25) is 0 Å². The highest BCUT2D eigenvalue weighted by Gasteiger charge is 2.39. The van der Waals surface area contributed by atoms with E-state index in [4.69, 9.17) is 0 Å². The summed E-state index contributed by atoms with van der Waals surface area (Å²) in [7, 11) is 0. The molecule has 2 aliphatic carbocycles. The molecule has 0 atom stereocenters. The van der Waals surface area contributed by atoms with Gasteiger partial charge in [0.05, 0.1) is 12.0 Å². The van der Waals surface area contributed by atoms with Crippen LogP contribution in [0.5, 0.6) is 0 Å². The van der Waals surface area contributed by atoms with E-state index in [2.05, 4.69) is 0 Å². The molecule has 4 heteroatoms. The number of rotatable bonds is 0. The zero-order chi connectivity index (χ0) is 12.9. The van der Waals surface area contributed by atoms with Crippen LogP contribution in [0.15, 0.2) is 35.4 Å². The summed E-state index contributed by atoms with van der Waals surface area (Å²) in [5.41, 5.74) is 0.519. The minimum atomic E-state index is -0.533. The van der Waals surface area contributed by atoms with Gasteiger partial charge in [0.1, 0.15) is 5.78 Å². The van der Waals surface area contributed by atoms with E-state index in [-0.39, 0.29) is 46.7 Å². The van der Waals surface area contributed by atoms with E-state index in [1.165, 1.54) is 6.07 Å². The first-order chi connectivity index (χ1) is 8.59. The summed E-state index contributed by atoms with van der Waals surface area (Å²) in [6.07, 6.45) is -0.389. The second-order valence-electron chi connectivity index (χ2n) is 4.37. The topological polar surface area (TPSA) is 68.3 Å². The van der Waals surface area contributed by atoms with Gasteiger partial charge in [0.25, 0.3) is 0 Å². The zero-order valence-corrected chi connectivity index (χ0v) is 9.36. The molecule has 0 amide bonds. The second-order valence-corrected chi connectivity index (χ2v) is 4.37. The molecule has 1 aromatic carbocycles. The Kier molecular flexibility index (Phi) is 2.13. The van der Waals surface area contributed by atoms with Gasteiger partial charge < -0.3 is 0 Å². The first kappa shape index (κ1) is 10.8. The monoisotopic (exact) mass is 240 g/mol. The molecular weight excluding hydrogens is 232 g/mol. The van der Waals surface area contributed by atoms with Crippen molar-refractivity contribution in [3.05, 3.63) is 46.5 Å². The molecule has 0 N–H and O–H groups in total. The van der Waals surface area contributed by atoms with Gasteiger partial charge >= 0.3 is 0 Å². The van der Waals surface area contributed by atoms with Gasteiger partial charge in [0.2, 0.25) is 0 Å². The fourth-order valence-electron chi connectivity index (χ4n) is 2.42. The predicted molar refractivity (Wildman–Crippen MR) is 61.4 cm³/mol. The van der Waals surface area contributed by atoms with Gasteiger partial charge in [0, 0.05) is 23.1 Å². The smallest absolute Gasteiger partial charge is 0.197 e. The minimum Gasteiger partial charge on any atom is -0.299 e. The third kappa shape index (κ3) is 1.32. The maximum Gasteiger partial charge on any atom is 0.197 e. The Morgan fingerprint density at radius 1 is 0.778 bits per heavy atom. The fraction of sp³-hybridized carbons (Fsp3) is 0.143. The number of benzene rings is 1. The van der Waals surface area contributed by atoms with Crippen molar-refractivity contribution < 1.29 is 19.2 Å². The number of Topliss-reactive ketones (excluding diaryl/α,β-unsaturated/α-hetero) is 4. The van der Waals surface area contributed by atoms with Crippen molar-refractivity contribution in [2.24, 2.45) is 0 Å². The highest BCUT2D eigenvalue weighted by molar-refractivity contribution is 6.40. The summed E-state index contributed by atoms with van der Waals surface area (Å²) in [4.78, 5) is 47.5. The van der Waals surface area contributed by atoms with Crippen LogP contribution in [0, 0.1) is 0 Å². The number of hydrogen-bond acceptors (Lipinski definition) is 4. The summed E-state index contributed by atoms with van der Waals surface area (Å²) in [5, 5.41) is 0. The summed E-state index contributed by atoms with van der Waals surface area (Å²) >= 11 is 0. The number of fused-ring (bicyclic) bond motifs is 1. The van der Waals surface area contributed by atoms with E-state index in [9.17, 15) is 19.2 Å². The van der Waals surface area contributed by atoms with Gasteiger partial charge in [-0.25, -0.2) is 0 Å². The molecule has 3 rings (SSSR count). The van der Waals surface area contributed by atoms with Crippen LogP contribution in [-0.2, 0) is 9.59 Å². The Hall–Kier alpha value is -2.36. The molecule has 88 valence electrons. The Bertz CT molecular complexity index is 664. The van der Waals surface area contributed by atoms with Gasteiger partial charge in [0.15, 0.2) is 17.3 Å². The molecule has 0 aliphatic heterocycles. The number of carbonyl (C=O) groups is 4. The molecule has 2 aliphatic rings. The van der Waals surface area contributed by atoms with Crippen LogP contribution in [0.1, 0.15) is 33.6 Å². The molecule has 18 heavy (non-hydrogen) atoms. The van der Waals surface area contributed by atoms with E-state index in [1.54, 1.807) is 18.2 Å². The molecule has 0 aromatic heterocycles. The van der Waals surface area contributed by atoms with E-state index in [1.807, 2.05) is 0 Å². The van der Waals surface area contributed by atoms with Gasteiger partial charge in [-0.05, 0) is 0 Å². The fourth-order valence-corrected chi connectivity index (χ4v) is 2.42. The van der Waals surface area contributed by atoms with Crippen LogP contribution in [-0.4, -0.2) is 23.1 Å². The van der Waals surface area contributed by atoms with Crippen LogP contribution in [0.3, 0.4) is 0 Å². The third-order valence-corrected chi connectivity index (χ3v) is 3.23. The Labute approximate surface area is 102 Å². The number of allylic oxidation sites excluding steroid dienone is 2. The number of carbonyl (C=O) groups excluding carboxylic acids is 4. The van der Waals surface area contributed by atoms with E-state index in [0.717, 1.165) is 0 Å². The first-order valence-electron chi connectivity index (χ1n) is 5.56. The number of hydrogen-bond donors (Lipinski definition) is 0. The maximum absolute atomic E-state index is 12.2. The highest BCUT2D eigenvalue weighted by atomic mass is 16.2. The van der Waals surface area contributed by atoms with Gasteiger partial charge in [-0.1, -0.05) is 24.3 Å². The summed E-state index contributed by atoms with van der Waals surface area (Å²) in [6.45, 7) is 0. The average molecular weight is 240 g/mol. The lowest BCUT2D eigenvalue weighted by Gasteiger charge is -2.22. The van der Waals surface area contributed by atoms with Crippen molar-refractivity contribution in [1.29, 1.82) is 0 Å². The molecule has 0 fully saturated rings. The molecule has 0 spiro atoms. The molecule has 0 heterocycles. The Balaban J connectivity index is 2.27. The van der Waals surface area contributed by atoms with Gasteiger partial charge in [-0.2, -0.15) is 0 Å². The molecule has 1 aromatic rings. The maximum atomic E-state index is 12.2. The number of ketones is 4. The largest absolute Gasteiger partial charge is 0.299 e. The summed E-state index contributed by atoms with van der Waals surface area (Å²) < 4.78 is 0. The van der Waals surface area contributed by atoms with E-state index >= 15 is 0 Å². The average Bonchev–Trinajstić information content (AvgIpc) is 2.35. The lowest BCUT2D eigenvalue weighted by atomic mass is 9.76. The van der Waals surface area contributed by atoms with Crippen molar-refractivity contribution >= 4 is 23.1 Å². The van der Waals surface area contributed by atoms with Crippen molar-refractivity contribution in [1.82, 2.24) is 0 Å². The second kappa shape index (κ2) is 3.57. The normalized spacial score (nSPS) is 18.9. The molecule has 0 radical (unpaired) electrons. The third-order valence-electron chi connectivity index (χ3n) is 3.23. The Morgan fingerprint density at radius 3 is 2.06 bits per heavy atom. The summed E-state index contributed by atoms with van der Waals surface area (Å²) in [6, 6.07) is 6.38. The van der Waals surface area contributed by atoms with E-state index < -0.39 is 11.6 Å². The first-order valence-corrected chi connectivity index (χ1v) is 5.56. The lowest BCUT2D eigenvalue weighted by Crippen LogP contribution is -2.32. The SMILES string of the molecule is O=C1CC(=O)C2=C(C1)C(=O)c1ccccc1C2=O. The van der Waals surface area contributed by atoms with Crippen molar-refractivity contribution in [2.75, 3.05) is 0 Å². The van der Waals surface area contributed by atoms with Crippen molar-refractivity contribution in [2.45, 2.75) is 12.8 Å². The van der Waals surface area contributed by atoms with Crippen LogP contribution < -0.4 is 0 Å². The van der Waals surface area contributed by atoms with E-state index in [0.29, 0.717) is 0 Å². The summed E-state index contributed by atoms with van der Waals surface area (Å²) in [5.74, 6) is -1.65. The van der Waals surface area contributed by atoms with Crippen LogP contribution in [0.25, 0.3) is 0 Å². The molecular formula is C14H8O4. The quantitative estimate of drug-likeness (QED) is 0.506. The van der Waals surface area contributed by atoms with Gasteiger partial charge in [-0.15, -0.1) is 0 Å². The lowest BCUT2D eigenvalue weighted by molar-refractivity contribution is -0.125. The molecule has 0 saturated heterocycles. The highest BCUT2D eigenvalue weighted by Crippen LogP contribution is 2.32. The minimum absolute atomic E-state index is 0.0694. The van der Waals surface area contributed by atoms with Gasteiger partial charge in [-0.3, -0.25) is 19.2 Å². The standard InChI is InChI=1S/C14H8O4/c15-7-5-10-12(11(16)6-7)14(18)9-4-2-1-3-8(9)13(10)17/h1-4H,5-6H2. The molecule has 0 bridgehead atoms. The Morgan fingerprint density at radius 2 is 1.39 bits per heavy atom. The molecule has 0 saturated carbocycles. The van der Waals surface area contributed by atoms with Crippen molar-refractivity contribution in [3.8, 4) is 0 Å². The molecule has 4 nitrogen and oxygen atoms in total. The van der Waals surface area contributed by atoms with Crippen molar-refractivity contribution in [3.63, 3.8) is 0 Å². The van der Waals surface area contributed by atoms with Crippen LogP contribution >= 0.6 is 0 Å². The zero-order valence-electron chi connectivity index (χ0n) is 9.36.